The average Bonchev–Trinajstić information content (AvgIpc) is 3.33. The molecule has 0 unspecified atom stereocenters. The Balaban J connectivity index is 1.48. The van der Waals surface area contributed by atoms with Crippen molar-refractivity contribution < 1.29 is 14.1 Å². The number of hydrogen-bond donors (Lipinski definition) is 0. The summed E-state index contributed by atoms with van der Waals surface area (Å²) in [6, 6.07) is 22.2. The number of ketones is 1. The smallest absolute Gasteiger partial charge is 0.245 e. The minimum atomic E-state index is 0.0834. The quantitative estimate of drug-likeness (QED) is 0.332. The lowest BCUT2D eigenvalue weighted by Crippen LogP contribution is -2.33. The largest absolute Gasteiger partial charge is 0.493 e. The van der Waals surface area contributed by atoms with Crippen LogP contribution in [0.3, 0.4) is 0 Å². The van der Waals surface area contributed by atoms with E-state index in [4.69, 9.17) is 4.74 Å². The van der Waals surface area contributed by atoms with Gasteiger partial charge in [-0.1, -0.05) is 52.3 Å². The molecule has 0 amide bonds. The molecule has 3 aromatic carbocycles. The van der Waals surface area contributed by atoms with Gasteiger partial charge in [0.05, 0.1) is 6.61 Å². The van der Waals surface area contributed by atoms with Crippen molar-refractivity contribution in [3.8, 4) is 5.75 Å². The lowest BCUT2D eigenvalue weighted by Gasteiger charge is -2.03. The second-order valence-corrected chi connectivity index (χ2v) is 8.16. The Morgan fingerprint density at radius 1 is 1.07 bits per heavy atom. The maximum atomic E-state index is 12.9. The van der Waals surface area contributed by atoms with Crippen LogP contribution in [0.5, 0.6) is 5.75 Å². The highest BCUT2D eigenvalue weighted by Crippen LogP contribution is 2.26. The summed E-state index contributed by atoms with van der Waals surface area (Å²) in [6.45, 7) is 1.82. The van der Waals surface area contributed by atoms with Gasteiger partial charge in [-0.05, 0) is 41.5 Å². The highest BCUT2D eigenvalue weighted by atomic mass is 79.9. The molecule has 0 spiro atoms. The molecular formula is C24H20BrN2O2+. The number of carbonyl (C=O) groups is 1. The zero-order chi connectivity index (χ0) is 19.8. The second-order valence-electron chi connectivity index (χ2n) is 7.30. The summed E-state index contributed by atoms with van der Waals surface area (Å²) >= 11 is 3.49. The van der Waals surface area contributed by atoms with Crippen molar-refractivity contribution in [1.29, 1.82) is 0 Å². The van der Waals surface area contributed by atoms with Gasteiger partial charge in [-0.25, -0.2) is 9.13 Å². The van der Waals surface area contributed by atoms with Crippen LogP contribution in [0.4, 0.5) is 0 Å². The predicted octanol–water partition coefficient (Wildman–Crippen LogP) is 4.56. The highest BCUT2D eigenvalue weighted by Gasteiger charge is 2.20. The van der Waals surface area contributed by atoms with Gasteiger partial charge >= 0.3 is 0 Å². The number of hydrogen-bond acceptors (Lipinski definition) is 2. The van der Waals surface area contributed by atoms with Crippen molar-refractivity contribution >= 4 is 32.7 Å². The number of rotatable bonds is 5. The Bertz CT molecular complexity index is 1230. The number of ether oxygens (including phenoxy) is 1. The molecule has 5 heteroatoms. The maximum Gasteiger partial charge on any atom is 0.245 e. The SMILES string of the molecule is O=C(Cn1c[n+](Cc2ccc3c(c2)CCO3)c2ccccc21)c1ccccc1Br. The van der Waals surface area contributed by atoms with Gasteiger partial charge in [0.2, 0.25) is 12.1 Å². The molecule has 0 N–H and O–H groups in total. The van der Waals surface area contributed by atoms with Crippen molar-refractivity contribution in [2.75, 3.05) is 6.61 Å². The van der Waals surface area contributed by atoms with E-state index in [2.05, 4.69) is 50.8 Å². The van der Waals surface area contributed by atoms with Gasteiger partial charge in [-0.15, -0.1) is 0 Å². The molecule has 0 aliphatic carbocycles. The normalized spacial score (nSPS) is 12.7. The Morgan fingerprint density at radius 3 is 2.79 bits per heavy atom. The third-order valence-corrected chi connectivity index (χ3v) is 6.07. The fraction of sp³-hybridized carbons (Fsp3) is 0.167. The molecule has 0 fully saturated rings. The molecule has 5 rings (SSSR count). The van der Waals surface area contributed by atoms with Crippen molar-refractivity contribution in [3.63, 3.8) is 0 Å². The summed E-state index contributed by atoms with van der Waals surface area (Å²) in [6.07, 6.45) is 3.01. The molecule has 1 aromatic heterocycles. The van der Waals surface area contributed by atoms with E-state index < -0.39 is 0 Å². The summed E-state index contributed by atoms with van der Waals surface area (Å²) in [5.74, 6) is 1.08. The van der Waals surface area contributed by atoms with Gasteiger partial charge in [0, 0.05) is 16.5 Å². The molecule has 29 heavy (non-hydrogen) atoms. The molecule has 0 radical (unpaired) electrons. The topological polar surface area (TPSA) is 35.1 Å². The van der Waals surface area contributed by atoms with Gasteiger partial charge in [0.15, 0.2) is 17.6 Å². The predicted molar refractivity (Wildman–Crippen MR) is 115 cm³/mol. The molecule has 0 saturated heterocycles. The lowest BCUT2D eigenvalue weighted by molar-refractivity contribution is -0.663. The molecular weight excluding hydrogens is 428 g/mol. The van der Waals surface area contributed by atoms with Crippen LogP contribution >= 0.6 is 15.9 Å². The first-order valence-corrected chi connectivity index (χ1v) is 10.5. The standard InChI is InChI=1S/C24H20BrN2O2/c25-20-6-2-1-5-19(20)23(28)15-27-16-26(21-7-3-4-8-22(21)27)14-17-9-10-24-18(13-17)11-12-29-24/h1-10,13,16H,11-12,14-15H2/q+1. The molecule has 0 atom stereocenters. The van der Waals surface area contributed by atoms with Crippen LogP contribution in [0.2, 0.25) is 0 Å². The van der Waals surface area contributed by atoms with Gasteiger partial charge < -0.3 is 4.74 Å². The van der Waals surface area contributed by atoms with E-state index in [9.17, 15) is 4.79 Å². The van der Waals surface area contributed by atoms with Crippen LogP contribution in [0.1, 0.15) is 21.5 Å². The number of halogens is 1. The van der Waals surface area contributed by atoms with Crippen molar-refractivity contribution in [2.24, 2.45) is 0 Å². The van der Waals surface area contributed by atoms with Crippen LogP contribution in [-0.4, -0.2) is 17.0 Å². The van der Waals surface area contributed by atoms with Crippen LogP contribution in [0, 0.1) is 0 Å². The van der Waals surface area contributed by atoms with Gasteiger partial charge in [-0.3, -0.25) is 4.79 Å². The highest BCUT2D eigenvalue weighted by molar-refractivity contribution is 9.10. The van der Waals surface area contributed by atoms with E-state index in [1.165, 1.54) is 11.1 Å². The van der Waals surface area contributed by atoms with Crippen molar-refractivity contribution in [1.82, 2.24) is 4.57 Å². The first-order valence-electron chi connectivity index (χ1n) is 9.69. The Morgan fingerprint density at radius 2 is 1.90 bits per heavy atom. The van der Waals surface area contributed by atoms with E-state index in [-0.39, 0.29) is 5.78 Å². The second kappa shape index (κ2) is 7.48. The fourth-order valence-electron chi connectivity index (χ4n) is 3.96. The first kappa shape index (κ1) is 18.1. The third-order valence-electron chi connectivity index (χ3n) is 5.37. The number of fused-ring (bicyclic) bond motifs is 2. The molecule has 0 saturated carbocycles. The van der Waals surface area contributed by atoms with Gasteiger partial charge in [-0.2, -0.15) is 0 Å². The van der Waals surface area contributed by atoms with E-state index in [1.54, 1.807) is 0 Å². The number of aromatic nitrogens is 2. The molecule has 4 aromatic rings. The Labute approximate surface area is 177 Å². The van der Waals surface area contributed by atoms with Crippen LogP contribution in [-0.2, 0) is 19.5 Å². The summed E-state index contributed by atoms with van der Waals surface area (Å²) in [7, 11) is 0. The van der Waals surface area contributed by atoms with Crippen LogP contribution < -0.4 is 9.30 Å². The molecule has 2 heterocycles. The fourth-order valence-corrected chi connectivity index (χ4v) is 4.46. The van der Waals surface area contributed by atoms with E-state index in [1.807, 2.05) is 47.3 Å². The average molecular weight is 448 g/mol. The molecule has 1 aliphatic rings. The minimum absolute atomic E-state index is 0.0834. The summed E-state index contributed by atoms with van der Waals surface area (Å²) in [4.78, 5) is 12.9. The Hall–Kier alpha value is -2.92. The monoisotopic (exact) mass is 447 g/mol. The minimum Gasteiger partial charge on any atom is -0.493 e. The first-order chi connectivity index (χ1) is 14.2. The van der Waals surface area contributed by atoms with Crippen molar-refractivity contribution in [3.05, 3.63) is 94.2 Å². The summed E-state index contributed by atoms with van der Waals surface area (Å²) in [5, 5.41) is 0. The number of carbonyl (C=O) groups excluding carboxylic acids is 1. The summed E-state index contributed by atoms with van der Waals surface area (Å²) in [5.41, 5.74) is 5.38. The molecule has 1 aliphatic heterocycles. The molecule has 4 nitrogen and oxygen atoms in total. The number of benzene rings is 3. The zero-order valence-corrected chi connectivity index (χ0v) is 17.4. The number of para-hydroxylation sites is 2. The number of Topliss-reactive ketones (excluding diaryl/α,β-unsaturated/α-hetero) is 1. The van der Waals surface area contributed by atoms with Crippen molar-refractivity contribution in [2.45, 2.75) is 19.5 Å². The van der Waals surface area contributed by atoms with Gasteiger partial charge in [0.25, 0.3) is 0 Å². The maximum absolute atomic E-state index is 12.9. The number of nitrogens with zero attached hydrogens (tertiary/aromatic N) is 2. The van der Waals surface area contributed by atoms with Crippen LogP contribution in [0.15, 0.2) is 77.5 Å². The summed E-state index contributed by atoms with van der Waals surface area (Å²) < 4.78 is 10.7. The molecule has 144 valence electrons. The van der Waals surface area contributed by atoms with Gasteiger partial charge in [0.1, 0.15) is 12.3 Å². The number of imidazole rings is 1. The van der Waals surface area contributed by atoms with E-state index in [0.29, 0.717) is 12.1 Å². The van der Waals surface area contributed by atoms with E-state index in [0.717, 1.165) is 40.8 Å². The third kappa shape index (κ3) is 3.47. The zero-order valence-electron chi connectivity index (χ0n) is 15.8. The van der Waals surface area contributed by atoms with Crippen LogP contribution in [0.25, 0.3) is 11.0 Å². The Kier molecular flexibility index (Phi) is 4.68. The molecule has 0 bridgehead atoms. The lowest BCUT2D eigenvalue weighted by atomic mass is 10.1. The van der Waals surface area contributed by atoms with E-state index >= 15 is 0 Å².